The van der Waals surface area contributed by atoms with E-state index in [1.807, 2.05) is 0 Å². The fourth-order valence-corrected chi connectivity index (χ4v) is 0. The van der Waals surface area contributed by atoms with Gasteiger partial charge in [-0.2, -0.15) is 0 Å². The van der Waals surface area contributed by atoms with E-state index in [0.717, 1.165) is 0 Å². The third kappa shape index (κ3) is 508. The number of rotatable bonds is 0. The monoisotopic (exact) mass is 206 g/mol. The molecule has 0 aliphatic heterocycles. The van der Waals surface area contributed by atoms with Crippen LogP contribution in [-0.2, 0) is 24.5 Å². The molecule has 0 fully saturated rings. The Morgan fingerprint density at radius 1 is 1.22 bits per heavy atom. The molecule has 9 heavy (non-hydrogen) atoms. The predicted octanol–water partition coefficient (Wildman–Crippen LogP) is -5.67. The third-order valence-electron chi connectivity index (χ3n) is 0. The zero-order valence-electron chi connectivity index (χ0n) is 4.24. The van der Waals surface area contributed by atoms with Crippen LogP contribution in [0.25, 0.3) is 0 Å². The van der Waals surface area contributed by atoms with Crippen LogP contribution in [0.2, 0.25) is 0 Å². The van der Waals surface area contributed by atoms with Gasteiger partial charge in [-0.25, -0.2) is 0 Å². The zero-order chi connectivity index (χ0) is 7.21. The van der Waals surface area contributed by atoms with Crippen LogP contribution in [0.5, 0.6) is 0 Å². The molecule has 0 aromatic carbocycles. The number of hydrogen-bond donors (Lipinski definition) is 0. The molecule has 0 saturated heterocycles. The molecule has 0 aromatic rings. The average molecular weight is 206 g/mol. The molecule has 9 heteroatoms. The summed E-state index contributed by atoms with van der Waals surface area (Å²) in [6.07, 6.45) is 0. The van der Waals surface area contributed by atoms with Gasteiger partial charge >= 0.3 is 80.0 Å². The molecule has 0 N–H and O–H groups in total. The molecule has 0 aliphatic carbocycles. The Morgan fingerprint density at radius 2 is 1.22 bits per heavy atom. The van der Waals surface area contributed by atoms with E-state index >= 15 is 0 Å². The third-order valence-corrected chi connectivity index (χ3v) is 0. The summed E-state index contributed by atoms with van der Waals surface area (Å²) >= 11 is -5.62. The summed E-state index contributed by atoms with van der Waals surface area (Å²) < 4.78 is 36.1. The Hall–Kier alpha value is 0.916. The molecular weight excluding hydrogens is 206 g/mol. The predicted molar refractivity (Wildman–Crippen MR) is 8.79 cm³/mol. The van der Waals surface area contributed by atoms with E-state index in [4.69, 9.17) is 25.9 Å². The second-order valence-electron chi connectivity index (χ2n) is 0.446. The van der Waals surface area contributed by atoms with Crippen molar-refractivity contribution in [3.05, 3.63) is 9.71 Å². The van der Waals surface area contributed by atoms with Crippen LogP contribution >= 0.6 is 0 Å². The van der Waals surface area contributed by atoms with E-state index in [9.17, 15) is 0 Å². The average Bonchev–Trinajstić information content (AvgIpc) is 1.27. The quantitative estimate of drug-likeness (QED) is 0.168. The van der Waals surface area contributed by atoms with Crippen LogP contribution in [0, 0.1) is 9.71 Å². The van der Waals surface area contributed by atoms with Crippen molar-refractivity contribution in [3.8, 4) is 0 Å². The first kappa shape index (κ1) is 16.5. The van der Waals surface area contributed by atoms with Gasteiger partial charge in [-0.1, -0.05) is 10.2 Å². The van der Waals surface area contributed by atoms with Crippen LogP contribution in [0.15, 0.2) is 0 Å². The van der Waals surface area contributed by atoms with Gasteiger partial charge in [0.15, 0.2) is 4.75 Å². The Kier molecular flexibility index (Phi) is 16.3. The second kappa shape index (κ2) is 8.92. The number of hydrogen-bond acceptors (Lipinski definition) is 6. The van der Waals surface area contributed by atoms with E-state index in [1.54, 1.807) is 4.75 Å². The van der Waals surface area contributed by atoms with Gasteiger partial charge in [0, 0.05) is 0 Å². The summed E-state index contributed by atoms with van der Waals surface area (Å²) in [6.45, 7) is 0. The summed E-state index contributed by atoms with van der Waals surface area (Å²) in [7, 11) is 0. The van der Waals surface area contributed by atoms with Crippen molar-refractivity contribution >= 4 is 0 Å². The Bertz CT molecular complexity index is 164. The molecule has 0 aromatic heterocycles. The SMILES string of the molecule is O=[O+][O-].[K+].[O]=[Mn](=[O])(=[O])[O-]. The van der Waals surface area contributed by atoms with Crippen LogP contribution < -0.4 is 60.8 Å². The Labute approximate surface area is 93.5 Å². The minimum absolute atomic E-state index is 0. The topological polar surface area (TPSA) is 126 Å². The van der Waals surface area contributed by atoms with Gasteiger partial charge in [0.25, 0.3) is 0 Å². The van der Waals surface area contributed by atoms with Crippen molar-refractivity contribution < 1.29 is 85.3 Å². The van der Waals surface area contributed by atoms with E-state index < -0.39 is 13.0 Å². The summed E-state index contributed by atoms with van der Waals surface area (Å²) in [5, 5.41) is 7.88. The fourth-order valence-electron chi connectivity index (χ4n) is 0. The summed E-state index contributed by atoms with van der Waals surface area (Å²) in [4.78, 5) is 7.88. The van der Waals surface area contributed by atoms with Crippen molar-refractivity contribution in [1.29, 1.82) is 0 Å². The zero-order valence-corrected chi connectivity index (χ0v) is 8.54. The second-order valence-corrected chi connectivity index (χ2v) is 1.63. The standard InChI is InChI=1S/K.Mn.O3.4O/c;;1-3-2;;;;/q+1;;;;;;-1. The molecule has 0 spiro atoms. The van der Waals surface area contributed by atoms with Gasteiger partial charge in [0.1, 0.15) is 0 Å². The maximum absolute atomic E-state index is 8.58. The first-order chi connectivity index (χ1) is 3.41. The Balaban J connectivity index is -0.0000000800. The van der Waals surface area contributed by atoms with E-state index in [2.05, 4.69) is 0 Å². The van der Waals surface area contributed by atoms with E-state index in [0.29, 0.717) is 0 Å². The molecule has 0 aliphatic rings. The van der Waals surface area contributed by atoms with Crippen LogP contribution in [0.1, 0.15) is 0 Å². The summed E-state index contributed by atoms with van der Waals surface area (Å²) in [5.41, 5.74) is 0. The molecule has 0 saturated carbocycles. The first-order valence-corrected chi connectivity index (χ1v) is 2.88. The van der Waals surface area contributed by atoms with Gasteiger partial charge in [-0.15, -0.1) is 0 Å². The van der Waals surface area contributed by atoms with Gasteiger partial charge in [0.05, 0.1) is 0 Å². The summed E-state index contributed by atoms with van der Waals surface area (Å²) in [6, 6.07) is 0. The molecule has 0 heterocycles. The van der Waals surface area contributed by atoms with Crippen LogP contribution in [-0.4, -0.2) is 0 Å². The maximum atomic E-state index is 8.58. The van der Waals surface area contributed by atoms with E-state index in [1.165, 1.54) is 0 Å². The van der Waals surface area contributed by atoms with Crippen molar-refractivity contribution in [3.63, 3.8) is 0 Å². The molecule has 0 unspecified atom stereocenters. The van der Waals surface area contributed by atoms with Crippen LogP contribution in [0.3, 0.4) is 0 Å². The normalized spacial score (nSPS) is 7.67. The fraction of sp³-hybridized carbons (Fsp3) is 0. The van der Waals surface area contributed by atoms with Crippen molar-refractivity contribution in [2.75, 3.05) is 0 Å². The molecule has 0 atom stereocenters. The molecular formula is KMnO7. The van der Waals surface area contributed by atoms with Crippen molar-refractivity contribution in [1.82, 2.24) is 0 Å². The van der Waals surface area contributed by atoms with Crippen molar-refractivity contribution in [2.45, 2.75) is 0 Å². The molecule has 0 rings (SSSR count). The van der Waals surface area contributed by atoms with E-state index in [-0.39, 0.29) is 51.4 Å². The molecule has 0 amide bonds. The first-order valence-electron chi connectivity index (χ1n) is 0.951. The van der Waals surface area contributed by atoms with Crippen LogP contribution in [0.4, 0.5) is 0 Å². The molecule has 0 radical (unpaired) electrons. The van der Waals surface area contributed by atoms with Gasteiger partial charge in [-0.05, 0) is 0 Å². The van der Waals surface area contributed by atoms with Crippen molar-refractivity contribution in [2.24, 2.45) is 0 Å². The Morgan fingerprint density at radius 3 is 1.22 bits per heavy atom. The molecule has 50 valence electrons. The molecule has 0 bridgehead atoms. The summed E-state index contributed by atoms with van der Waals surface area (Å²) in [5.74, 6) is 0. The van der Waals surface area contributed by atoms with Gasteiger partial charge in [0.2, 0.25) is 0 Å². The molecule has 7 nitrogen and oxygen atoms in total. The van der Waals surface area contributed by atoms with Gasteiger partial charge in [-0.3, -0.25) is 0 Å². The van der Waals surface area contributed by atoms with Gasteiger partial charge < -0.3 is 0 Å². The minimum atomic E-state index is -5.62.